The molecule has 0 radical (unpaired) electrons. The van der Waals surface area contributed by atoms with E-state index in [0.29, 0.717) is 13.1 Å². The van der Waals surface area contributed by atoms with Crippen molar-refractivity contribution < 1.29 is 8.42 Å². The molecular weight excluding hydrogens is 250 g/mol. The summed E-state index contributed by atoms with van der Waals surface area (Å²) in [5, 5.41) is 3.34. The standard InChI is InChI=1S/C12H27N3O2S/c1-4-9-13-11-12-8-6-7-10-15(12)18(16,17)14(3)5-2/h12-13H,4-11H2,1-3H3. The van der Waals surface area contributed by atoms with Gasteiger partial charge in [0.05, 0.1) is 0 Å². The molecule has 1 atom stereocenters. The first-order valence-electron chi connectivity index (χ1n) is 6.97. The van der Waals surface area contributed by atoms with Crippen molar-refractivity contribution >= 4 is 10.2 Å². The summed E-state index contributed by atoms with van der Waals surface area (Å²) in [5.41, 5.74) is 0. The van der Waals surface area contributed by atoms with E-state index in [-0.39, 0.29) is 6.04 Å². The Balaban J connectivity index is 2.69. The van der Waals surface area contributed by atoms with Gasteiger partial charge in [0, 0.05) is 32.7 Å². The van der Waals surface area contributed by atoms with E-state index >= 15 is 0 Å². The van der Waals surface area contributed by atoms with Gasteiger partial charge in [-0.15, -0.1) is 0 Å². The molecule has 1 saturated heterocycles. The highest BCUT2D eigenvalue weighted by molar-refractivity contribution is 7.86. The summed E-state index contributed by atoms with van der Waals surface area (Å²) >= 11 is 0. The number of nitrogens with zero attached hydrogens (tertiary/aromatic N) is 2. The molecule has 1 rings (SSSR count). The molecule has 6 heteroatoms. The van der Waals surface area contributed by atoms with Gasteiger partial charge in [-0.1, -0.05) is 20.3 Å². The Morgan fingerprint density at radius 2 is 2.06 bits per heavy atom. The van der Waals surface area contributed by atoms with Crippen LogP contribution in [0.5, 0.6) is 0 Å². The second-order valence-corrected chi connectivity index (χ2v) is 6.87. The van der Waals surface area contributed by atoms with Gasteiger partial charge in [-0.05, 0) is 25.8 Å². The fourth-order valence-electron chi connectivity index (χ4n) is 2.27. The highest BCUT2D eigenvalue weighted by Crippen LogP contribution is 2.21. The lowest BCUT2D eigenvalue weighted by Crippen LogP contribution is -2.52. The van der Waals surface area contributed by atoms with Crippen molar-refractivity contribution in [2.45, 2.75) is 45.6 Å². The minimum absolute atomic E-state index is 0.115. The van der Waals surface area contributed by atoms with Gasteiger partial charge >= 0.3 is 0 Å². The third kappa shape index (κ3) is 3.91. The smallest absolute Gasteiger partial charge is 0.282 e. The summed E-state index contributed by atoms with van der Waals surface area (Å²) < 4.78 is 27.9. The lowest BCUT2D eigenvalue weighted by molar-refractivity contribution is 0.231. The van der Waals surface area contributed by atoms with Crippen LogP contribution in [0.25, 0.3) is 0 Å². The molecule has 0 aromatic rings. The van der Waals surface area contributed by atoms with Crippen LogP contribution in [0.1, 0.15) is 39.5 Å². The van der Waals surface area contributed by atoms with Gasteiger partial charge < -0.3 is 5.32 Å². The Morgan fingerprint density at radius 1 is 1.33 bits per heavy atom. The maximum atomic E-state index is 12.4. The van der Waals surface area contributed by atoms with Gasteiger partial charge in [-0.25, -0.2) is 0 Å². The third-order valence-electron chi connectivity index (χ3n) is 3.52. The highest BCUT2D eigenvalue weighted by Gasteiger charge is 2.33. The van der Waals surface area contributed by atoms with Crippen LogP contribution in [0.3, 0.4) is 0 Å². The second kappa shape index (κ2) is 7.43. The first-order valence-corrected chi connectivity index (χ1v) is 8.37. The van der Waals surface area contributed by atoms with Crippen LogP contribution in [0.4, 0.5) is 0 Å². The zero-order valence-corrected chi connectivity index (χ0v) is 12.7. The van der Waals surface area contributed by atoms with Crippen LogP contribution in [0.15, 0.2) is 0 Å². The fraction of sp³-hybridized carbons (Fsp3) is 1.00. The maximum absolute atomic E-state index is 12.4. The molecular formula is C12H27N3O2S. The summed E-state index contributed by atoms with van der Waals surface area (Å²) in [6.07, 6.45) is 4.14. The quantitative estimate of drug-likeness (QED) is 0.707. The molecule has 0 saturated carbocycles. The van der Waals surface area contributed by atoms with Crippen molar-refractivity contribution in [2.24, 2.45) is 0 Å². The van der Waals surface area contributed by atoms with Gasteiger partial charge in [0.1, 0.15) is 0 Å². The first kappa shape index (κ1) is 15.9. The molecule has 0 aliphatic carbocycles. The van der Waals surface area contributed by atoms with Crippen LogP contribution >= 0.6 is 0 Å². The van der Waals surface area contributed by atoms with E-state index in [1.807, 2.05) is 6.92 Å². The van der Waals surface area contributed by atoms with E-state index in [9.17, 15) is 8.42 Å². The van der Waals surface area contributed by atoms with Crippen LogP contribution in [0.2, 0.25) is 0 Å². The van der Waals surface area contributed by atoms with Crippen LogP contribution in [-0.2, 0) is 10.2 Å². The van der Waals surface area contributed by atoms with Gasteiger partial charge in [0.2, 0.25) is 0 Å². The topological polar surface area (TPSA) is 52.7 Å². The van der Waals surface area contributed by atoms with Gasteiger partial charge in [-0.3, -0.25) is 0 Å². The fourth-order valence-corrected chi connectivity index (χ4v) is 3.87. The van der Waals surface area contributed by atoms with E-state index in [1.165, 1.54) is 4.31 Å². The minimum Gasteiger partial charge on any atom is -0.315 e. The van der Waals surface area contributed by atoms with Crippen molar-refractivity contribution in [1.29, 1.82) is 0 Å². The predicted molar refractivity (Wildman–Crippen MR) is 74.7 cm³/mol. The average molecular weight is 277 g/mol. The lowest BCUT2D eigenvalue weighted by atomic mass is 10.1. The largest absolute Gasteiger partial charge is 0.315 e. The summed E-state index contributed by atoms with van der Waals surface area (Å²) in [4.78, 5) is 0. The van der Waals surface area contributed by atoms with Crippen molar-refractivity contribution in [3.63, 3.8) is 0 Å². The second-order valence-electron chi connectivity index (χ2n) is 4.89. The first-order chi connectivity index (χ1) is 8.54. The molecule has 0 bridgehead atoms. The normalized spacial score (nSPS) is 22.6. The molecule has 1 aliphatic heterocycles. The van der Waals surface area contributed by atoms with Crippen molar-refractivity contribution in [1.82, 2.24) is 13.9 Å². The number of hydrogen-bond donors (Lipinski definition) is 1. The van der Waals surface area contributed by atoms with Crippen LogP contribution in [-0.4, -0.2) is 56.3 Å². The zero-order valence-electron chi connectivity index (χ0n) is 11.9. The number of piperidine rings is 1. The number of nitrogens with one attached hydrogen (secondary N) is 1. The Labute approximate surface area is 112 Å². The van der Waals surface area contributed by atoms with E-state index < -0.39 is 10.2 Å². The third-order valence-corrected chi connectivity index (χ3v) is 5.63. The molecule has 0 amide bonds. The predicted octanol–water partition coefficient (Wildman–Crippen LogP) is 1.04. The van der Waals surface area contributed by atoms with Crippen LogP contribution in [0, 0.1) is 0 Å². The minimum atomic E-state index is -3.27. The molecule has 5 nitrogen and oxygen atoms in total. The van der Waals surface area contributed by atoms with Gasteiger partial charge in [0.25, 0.3) is 10.2 Å². The molecule has 1 N–H and O–H groups in total. The van der Waals surface area contributed by atoms with E-state index in [2.05, 4.69) is 12.2 Å². The number of hydrogen-bond acceptors (Lipinski definition) is 3. The SMILES string of the molecule is CCCNCC1CCCCN1S(=O)(=O)N(C)CC. The molecule has 1 aliphatic rings. The Morgan fingerprint density at radius 3 is 2.67 bits per heavy atom. The van der Waals surface area contributed by atoms with Gasteiger partial charge in [-0.2, -0.15) is 17.0 Å². The Hall–Kier alpha value is -0.170. The monoisotopic (exact) mass is 277 g/mol. The maximum Gasteiger partial charge on any atom is 0.282 e. The zero-order chi connectivity index (χ0) is 13.6. The molecule has 1 heterocycles. The van der Waals surface area contributed by atoms with Crippen molar-refractivity contribution in [3.8, 4) is 0 Å². The van der Waals surface area contributed by atoms with E-state index in [0.717, 1.165) is 38.8 Å². The van der Waals surface area contributed by atoms with E-state index in [4.69, 9.17) is 0 Å². The van der Waals surface area contributed by atoms with Crippen molar-refractivity contribution in [2.75, 3.05) is 33.2 Å². The molecule has 108 valence electrons. The van der Waals surface area contributed by atoms with Gasteiger partial charge in [0.15, 0.2) is 0 Å². The summed E-state index contributed by atoms with van der Waals surface area (Å²) in [5.74, 6) is 0. The molecule has 1 fully saturated rings. The molecule has 0 aromatic carbocycles. The molecule has 0 aromatic heterocycles. The molecule has 1 unspecified atom stereocenters. The Bertz CT molecular complexity index is 332. The van der Waals surface area contributed by atoms with Crippen LogP contribution < -0.4 is 5.32 Å². The molecule has 18 heavy (non-hydrogen) atoms. The summed E-state index contributed by atoms with van der Waals surface area (Å²) in [6, 6.07) is 0.115. The summed E-state index contributed by atoms with van der Waals surface area (Å²) in [6.45, 7) is 6.89. The number of rotatable bonds is 7. The average Bonchev–Trinajstić information content (AvgIpc) is 2.38. The van der Waals surface area contributed by atoms with Crippen molar-refractivity contribution in [3.05, 3.63) is 0 Å². The lowest BCUT2D eigenvalue weighted by Gasteiger charge is -2.37. The van der Waals surface area contributed by atoms with E-state index in [1.54, 1.807) is 11.4 Å². The highest BCUT2D eigenvalue weighted by atomic mass is 32.2. The summed E-state index contributed by atoms with van der Waals surface area (Å²) in [7, 11) is -1.62. The Kier molecular flexibility index (Phi) is 6.55. The molecule has 0 spiro atoms.